The summed E-state index contributed by atoms with van der Waals surface area (Å²) in [5.74, 6) is 2.06. The van der Waals surface area contributed by atoms with E-state index in [0.29, 0.717) is 30.4 Å². The van der Waals surface area contributed by atoms with Gasteiger partial charge < -0.3 is 24.7 Å². The lowest BCUT2D eigenvalue weighted by atomic mass is 9.78. The van der Waals surface area contributed by atoms with Gasteiger partial charge in [0, 0.05) is 12.6 Å². The van der Waals surface area contributed by atoms with Crippen LogP contribution in [0.5, 0.6) is 5.75 Å². The number of guanidine groups is 1. The van der Waals surface area contributed by atoms with Crippen LogP contribution in [0.15, 0.2) is 82.4 Å². The normalized spacial score (nSPS) is 18.2. The molecule has 8 nitrogen and oxygen atoms in total. The van der Waals surface area contributed by atoms with Crippen LogP contribution < -0.4 is 15.4 Å². The molecule has 8 heteroatoms. The van der Waals surface area contributed by atoms with Gasteiger partial charge in [-0.2, -0.15) is 5.26 Å². The Morgan fingerprint density at radius 1 is 1.11 bits per heavy atom. The second-order valence-electron chi connectivity index (χ2n) is 9.40. The van der Waals surface area contributed by atoms with Gasteiger partial charge in [-0.05, 0) is 68.4 Å². The average Bonchev–Trinajstić information content (AvgIpc) is 3.48. The molecule has 1 unspecified atom stereocenters. The molecule has 1 aromatic heterocycles. The van der Waals surface area contributed by atoms with Crippen molar-refractivity contribution in [3.8, 4) is 11.9 Å². The fraction of sp³-hybridized carbons (Fsp3) is 0.367. The fourth-order valence-corrected chi connectivity index (χ4v) is 5.29. The summed E-state index contributed by atoms with van der Waals surface area (Å²) in [4.78, 5) is 19.6. The number of aliphatic imine (C=N–C) groups is 1. The van der Waals surface area contributed by atoms with Crippen LogP contribution in [-0.4, -0.2) is 36.5 Å². The summed E-state index contributed by atoms with van der Waals surface area (Å²) < 4.78 is 11.0. The summed E-state index contributed by atoms with van der Waals surface area (Å²) in [7, 11) is 1.58. The van der Waals surface area contributed by atoms with Crippen LogP contribution in [0.4, 0.5) is 0 Å². The maximum absolute atomic E-state index is 13.4. The van der Waals surface area contributed by atoms with Crippen molar-refractivity contribution in [2.24, 2.45) is 10.9 Å². The molecule has 1 heterocycles. The minimum Gasteiger partial charge on any atom is -0.496 e. The molecule has 4 rings (SSSR count). The number of hydrogen-bond donors (Lipinski definition) is 2. The monoisotopic (exact) mass is 513 g/mol. The zero-order chi connectivity index (χ0) is 26.7. The van der Waals surface area contributed by atoms with Crippen LogP contribution in [0, 0.1) is 17.4 Å². The van der Waals surface area contributed by atoms with E-state index in [1.54, 1.807) is 25.5 Å². The standard InChI is InChI=1S/C30H35N5O3/c1-3-32-30(33-21-31)35(20-25-12-9-19-38-25)24-17-15-23(16-18-24)28(22-10-5-4-6-11-22)34-29(36)26-13-7-8-14-27(26)37-2/h4-14,19,23-24,28H,3,15-18,20H2,1-2H3,(H,32,33)(H,34,36)/t23-,24-,28?. The van der Waals surface area contributed by atoms with Crippen molar-refractivity contribution >= 4 is 11.9 Å². The topological polar surface area (TPSA) is 103 Å². The molecule has 0 aliphatic heterocycles. The molecule has 2 aromatic carbocycles. The van der Waals surface area contributed by atoms with E-state index >= 15 is 0 Å². The second kappa shape index (κ2) is 13.3. The predicted molar refractivity (Wildman–Crippen MR) is 146 cm³/mol. The molecule has 1 fully saturated rings. The first-order valence-corrected chi connectivity index (χ1v) is 13.1. The molecule has 1 saturated carbocycles. The Balaban J connectivity index is 1.53. The third-order valence-corrected chi connectivity index (χ3v) is 7.12. The first-order chi connectivity index (χ1) is 18.6. The Morgan fingerprint density at radius 2 is 1.84 bits per heavy atom. The molecular weight excluding hydrogens is 478 g/mol. The van der Waals surface area contributed by atoms with Crippen LogP contribution >= 0.6 is 0 Å². The lowest BCUT2D eigenvalue weighted by Gasteiger charge is -2.40. The molecule has 198 valence electrons. The van der Waals surface area contributed by atoms with Crippen molar-refractivity contribution < 1.29 is 13.9 Å². The molecule has 0 radical (unpaired) electrons. The molecule has 3 aromatic rings. The minimum absolute atomic E-state index is 0.130. The number of nitriles is 1. The van der Waals surface area contributed by atoms with Crippen LogP contribution in [0.25, 0.3) is 0 Å². The van der Waals surface area contributed by atoms with Gasteiger partial charge in [-0.15, -0.1) is 4.99 Å². The number of furan rings is 1. The van der Waals surface area contributed by atoms with Crippen molar-refractivity contribution in [1.82, 2.24) is 15.5 Å². The van der Waals surface area contributed by atoms with Gasteiger partial charge in [-0.1, -0.05) is 42.5 Å². The highest BCUT2D eigenvalue weighted by Gasteiger charge is 2.34. The third kappa shape index (κ3) is 6.54. The van der Waals surface area contributed by atoms with Gasteiger partial charge >= 0.3 is 0 Å². The summed E-state index contributed by atoms with van der Waals surface area (Å²) in [6.45, 7) is 3.18. The molecule has 1 aliphatic rings. The summed E-state index contributed by atoms with van der Waals surface area (Å²) in [6, 6.07) is 21.3. The number of carbonyl (C=O) groups is 1. The molecule has 0 bridgehead atoms. The second-order valence-corrected chi connectivity index (χ2v) is 9.40. The molecular formula is C30H35N5O3. The first-order valence-electron chi connectivity index (χ1n) is 13.1. The van der Waals surface area contributed by atoms with E-state index in [0.717, 1.165) is 37.0 Å². The number of nitrogens with zero attached hydrogens (tertiary/aromatic N) is 3. The average molecular weight is 514 g/mol. The van der Waals surface area contributed by atoms with Gasteiger partial charge in [0.15, 0.2) is 0 Å². The van der Waals surface area contributed by atoms with Gasteiger partial charge in [0.2, 0.25) is 12.2 Å². The van der Waals surface area contributed by atoms with Crippen molar-refractivity contribution in [2.75, 3.05) is 13.7 Å². The lowest BCUT2D eigenvalue weighted by Crippen LogP contribution is -2.48. The SMILES string of the molecule is CCNC(=NC#N)N(Cc1ccco1)[C@H]1CC[C@H](C(NC(=O)c2ccccc2OC)c2ccccc2)CC1. The molecule has 0 spiro atoms. The van der Waals surface area contributed by atoms with E-state index in [-0.39, 0.29) is 23.9 Å². The molecule has 1 aliphatic carbocycles. The van der Waals surface area contributed by atoms with E-state index in [9.17, 15) is 10.1 Å². The summed E-state index contributed by atoms with van der Waals surface area (Å²) >= 11 is 0. The first kappa shape index (κ1) is 26.8. The van der Waals surface area contributed by atoms with E-state index in [1.165, 1.54) is 0 Å². The molecule has 1 amide bonds. The van der Waals surface area contributed by atoms with Crippen LogP contribution in [0.2, 0.25) is 0 Å². The number of hydrogen-bond acceptors (Lipinski definition) is 5. The zero-order valence-electron chi connectivity index (χ0n) is 22.0. The van der Waals surface area contributed by atoms with Gasteiger partial charge in [0.25, 0.3) is 5.91 Å². The number of amides is 1. The number of carbonyl (C=O) groups excluding carboxylic acids is 1. The Labute approximate surface area is 224 Å². The van der Waals surface area contributed by atoms with Crippen molar-refractivity contribution in [3.05, 3.63) is 89.9 Å². The molecule has 0 saturated heterocycles. The lowest BCUT2D eigenvalue weighted by molar-refractivity contribution is 0.0897. The number of benzene rings is 2. The van der Waals surface area contributed by atoms with Gasteiger partial charge in [0.1, 0.15) is 11.5 Å². The number of para-hydroxylation sites is 1. The largest absolute Gasteiger partial charge is 0.496 e. The van der Waals surface area contributed by atoms with Gasteiger partial charge in [-0.25, -0.2) is 0 Å². The number of nitrogens with one attached hydrogen (secondary N) is 2. The Hall–Kier alpha value is -4.25. The van der Waals surface area contributed by atoms with E-state index in [4.69, 9.17) is 9.15 Å². The summed E-state index contributed by atoms with van der Waals surface area (Å²) in [5.41, 5.74) is 1.61. The molecule has 1 atom stereocenters. The Morgan fingerprint density at radius 3 is 2.50 bits per heavy atom. The highest BCUT2D eigenvalue weighted by Crippen LogP contribution is 2.37. The number of rotatable bonds is 9. The smallest absolute Gasteiger partial charge is 0.255 e. The number of methoxy groups -OCH3 is 1. The van der Waals surface area contributed by atoms with Gasteiger partial charge in [-0.3, -0.25) is 4.79 Å². The summed E-state index contributed by atoms with van der Waals surface area (Å²) in [6.07, 6.45) is 7.23. The van der Waals surface area contributed by atoms with E-state index in [1.807, 2.05) is 55.6 Å². The fourth-order valence-electron chi connectivity index (χ4n) is 5.29. The van der Waals surface area contributed by atoms with Crippen LogP contribution in [-0.2, 0) is 6.54 Å². The van der Waals surface area contributed by atoms with E-state index in [2.05, 4.69) is 32.7 Å². The quantitative estimate of drug-likeness (QED) is 0.230. The number of ether oxygens (including phenoxy) is 1. The maximum Gasteiger partial charge on any atom is 0.255 e. The molecule has 2 N–H and O–H groups in total. The summed E-state index contributed by atoms with van der Waals surface area (Å²) in [5, 5.41) is 15.9. The van der Waals surface area contributed by atoms with Gasteiger partial charge in [0.05, 0.1) is 31.5 Å². The Bertz CT molecular complexity index is 1230. The Kier molecular flexibility index (Phi) is 9.41. The molecule has 38 heavy (non-hydrogen) atoms. The minimum atomic E-state index is -0.145. The highest BCUT2D eigenvalue weighted by atomic mass is 16.5. The zero-order valence-corrected chi connectivity index (χ0v) is 22.0. The van der Waals surface area contributed by atoms with E-state index < -0.39 is 0 Å². The van der Waals surface area contributed by atoms with Crippen LogP contribution in [0.3, 0.4) is 0 Å². The predicted octanol–water partition coefficient (Wildman–Crippen LogP) is 5.27. The van der Waals surface area contributed by atoms with Crippen molar-refractivity contribution in [1.29, 1.82) is 5.26 Å². The third-order valence-electron chi connectivity index (χ3n) is 7.12. The van der Waals surface area contributed by atoms with Crippen molar-refractivity contribution in [2.45, 2.75) is 51.2 Å². The van der Waals surface area contributed by atoms with Crippen molar-refractivity contribution in [3.63, 3.8) is 0 Å². The van der Waals surface area contributed by atoms with Crippen LogP contribution in [0.1, 0.15) is 60.3 Å². The highest BCUT2D eigenvalue weighted by molar-refractivity contribution is 5.97. The maximum atomic E-state index is 13.4.